The predicted molar refractivity (Wildman–Crippen MR) is 56.8 cm³/mol. The molecule has 1 heterocycles. The lowest BCUT2D eigenvalue weighted by atomic mass is 10.2. The number of hydrogen-bond donors (Lipinski definition) is 2. The first kappa shape index (κ1) is 11.9. The van der Waals surface area contributed by atoms with Crippen molar-refractivity contribution in [3.8, 4) is 6.07 Å². The van der Waals surface area contributed by atoms with Gasteiger partial charge in [-0.15, -0.1) is 0 Å². The minimum Gasteiger partial charge on any atom is -0.481 e. The van der Waals surface area contributed by atoms with Crippen molar-refractivity contribution in [2.24, 2.45) is 0 Å². The van der Waals surface area contributed by atoms with E-state index in [1.807, 2.05) is 6.07 Å². The SMILES string of the molecule is Cc1cc(C#N)nc(NC(C)CC(=O)O)n1. The van der Waals surface area contributed by atoms with Crippen molar-refractivity contribution in [3.05, 3.63) is 17.5 Å². The highest BCUT2D eigenvalue weighted by molar-refractivity contribution is 5.68. The molecule has 16 heavy (non-hydrogen) atoms. The first-order valence-corrected chi connectivity index (χ1v) is 4.75. The zero-order valence-corrected chi connectivity index (χ0v) is 9.06. The minimum atomic E-state index is -0.895. The fraction of sp³-hybridized carbons (Fsp3) is 0.400. The van der Waals surface area contributed by atoms with Crippen LogP contribution in [0.3, 0.4) is 0 Å². The van der Waals surface area contributed by atoms with Crippen LogP contribution < -0.4 is 5.32 Å². The molecule has 2 N–H and O–H groups in total. The van der Waals surface area contributed by atoms with Crippen LogP contribution >= 0.6 is 0 Å². The maximum Gasteiger partial charge on any atom is 0.305 e. The van der Waals surface area contributed by atoms with Crippen molar-refractivity contribution < 1.29 is 9.90 Å². The van der Waals surface area contributed by atoms with Gasteiger partial charge < -0.3 is 10.4 Å². The molecule has 0 spiro atoms. The van der Waals surface area contributed by atoms with Crippen molar-refractivity contribution in [2.75, 3.05) is 5.32 Å². The fourth-order valence-electron chi connectivity index (χ4n) is 1.22. The standard InChI is InChI=1S/C10H12N4O2/c1-6-3-8(5-11)14-10(12-6)13-7(2)4-9(15)16/h3,7H,4H2,1-2H3,(H,15,16)(H,12,13,14). The maximum absolute atomic E-state index is 10.5. The molecule has 0 radical (unpaired) electrons. The number of carbonyl (C=O) groups is 1. The lowest BCUT2D eigenvalue weighted by Crippen LogP contribution is -2.21. The number of anilines is 1. The summed E-state index contributed by atoms with van der Waals surface area (Å²) in [6.45, 7) is 3.46. The third-order valence-electron chi connectivity index (χ3n) is 1.83. The Morgan fingerprint density at radius 3 is 2.94 bits per heavy atom. The maximum atomic E-state index is 10.5. The van der Waals surface area contributed by atoms with E-state index in [4.69, 9.17) is 10.4 Å². The van der Waals surface area contributed by atoms with Gasteiger partial charge in [0, 0.05) is 11.7 Å². The van der Waals surface area contributed by atoms with Gasteiger partial charge in [-0.25, -0.2) is 9.97 Å². The molecule has 0 amide bonds. The summed E-state index contributed by atoms with van der Waals surface area (Å²) >= 11 is 0. The van der Waals surface area contributed by atoms with Gasteiger partial charge in [-0.3, -0.25) is 4.79 Å². The Balaban J connectivity index is 2.77. The number of aryl methyl sites for hydroxylation is 1. The van der Waals surface area contributed by atoms with Gasteiger partial charge in [-0.05, 0) is 19.9 Å². The molecule has 6 heteroatoms. The Bertz CT molecular complexity index is 439. The van der Waals surface area contributed by atoms with Gasteiger partial charge in [-0.1, -0.05) is 0 Å². The molecular formula is C10H12N4O2. The Kier molecular flexibility index (Phi) is 3.78. The van der Waals surface area contributed by atoms with Gasteiger partial charge in [0.05, 0.1) is 6.42 Å². The zero-order chi connectivity index (χ0) is 12.1. The highest BCUT2D eigenvalue weighted by Crippen LogP contribution is 2.06. The second kappa shape index (κ2) is 5.07. The molecule has 0 fully saturated rings. The van der Waals surface area contributed by atoms with Gasteiger partial charge in [-0.2, -0.15) is 5.26 Å². The largest absolute Gasteiger partial charge is 0.481 e. The van der Waals surface area contributed by atoms with Crippen molar-refractivity contribution in [1.82, 2.24) is 9.97 Å². The lowest BCUT2D eigenvalue weighted by Gasteiger charge is -2.11. The molecule has 0 aliphatic carbocycles. The summed E-state index contributed by atoms with van der Waals surface area (Å²) in [6, 6.07) is 3.19. The second-order valence-electron chi connectivity index (χ2n) is 3.47. The van der Waals surface area contributed by atoms with Crippen LogP contribution in [0.4, 0.5) is 5.95 Å². The highest BCUT2D eigenvalue weighted by Gasteiger charge is 2.09. The van der Waals surface area contributed by atoms with Crippen LogP contribution in [-0.4, -0.2) is 27.1 Å². The van der Waals surface area contributed by atoms with Crippen LogP contribution in [0.25, 0.3) is 0 Å². The Hall–Kier alpha value is -2.16. The van der Waals surface area contributed by atoms with E-state index < -0.39 is 5.97 Å². The zero-order valence-electron chi connectivity index (χ0n) is 9.06. The highest BCUT2D eigenvalue weighted by atomic mass is 16.4. The van der Waals surface area contributed by atoms with Crippen molar-refractivity contribution in [3.63, 3.8) is 0 Å². The Labute approximate surface area is 93.0 Å². The van der Waals surface area contributed by atoms with Gasteiger partial charge in [0.1, 0.15) is 11.8 Å². The van der Waals surface area contributed by atoms with Crippen molar-refractivity contribution in [1.29, 1.82) is 5.26 Å². The second-order valence-corrected chi connectivity index (χ2v) is 3.47. The van der Waals surface area contributed by atoms with Gasteiger partial charge in [0.2, 0.25) is 5.95 Å². The first-order valence-electron chi connectivity index (χ1n) is 4.75. The first-order chi connectivity index (χ1) is 7.51. The molecule has 0 aromatic carbocycles. The molecule has 1 aromatic heterocycles. The number of carboxylic acids is 1. The number of carboxylic acid groups (broad SMARTS) is 1. The third-order valence-corrected chi connectivity index (χ3v) is 1.83. The molecule has 0 saturated heterocycles. The van der Waals surface area contributed by atoms with Crippen LogP contribution in [0.5, 0.6) is 0 Å². The van der Waals surface area contributed by atoms with E-state index in [0.717, 1.165) is 0 Å². The summed E-state index contributed by atoms with van der Waals surface area (Å²) in [4.78, 5) is 18.4. The molecule has 1 rings (SSSR count). The number of rotatable bonds is 4. The molecule has 0 aliphatic rings. The van der Waals surface area contributed by atoms with E-state index >= 15 is 0 Å². The Morgan fingerprint density at radius 1 is 1.69 bits per heavy atom. The topological polar surface area (TPSA) is 98.9 Å². The van der Waals surface area contributed by atoms with Crippen LogP contribution in [-0.2, 0) is 4.79 Å². The average Bonchev–Trinajstić information content (AvgIpc) is 2.14. The van der Waals surface area contributed by atoms with Crippen LogP contribution in [0.15, 0.2) is 6.07 Å². The summed E-state index contributed by atoms with van der Waals surface area (Å²) < 4.78 is 0. The molecule has 6 nitrogen and oxygen atoms in total. The Morgan fingerprint density at radius 2 is 2.38 bits per heavy atom. The van der Waals surface area contributed by atoms with Gasteiger partial charge in [0.15, 0.2) is 0 Å². The van der Waals surface area contributed by atoms with Gasteiger partial charge in [0.25, 0.3) is 0 Å². The molecule has 1 unspecified atom stereocenters. The molecule has 0 aliphatic heterocycles. The third kappa shape index (κ3) is 3.53. The quantitative estimate of drug-likeness (QED) is 0.783. The van der Waals surface area contributed by atoms with Crippen molar-refractivity contribution >= 4 is 11.9 Å². The molecule has 0 saturated carbocycles. The van der Waals surface area contributed by atoms with E-state index in [1.165, 1.54) is 0 Å². The minimum absolute atomic E-state index is 0.0286. The summed E-state index contributed by atoms with van der Waals surface area (Å²) in [5.41, 5.74) is 0.925. The molecule has 84 valence electrons. The van der Waals surface area contributed by atoms with Gasteiger partial charge >= 0.3 is 5.97 Å². The van der Waals surface area contributed by atoms with E-state index in [2.05, 4.69) is 15.3 Å². The summed E-state index contributed by atoms with van der Waals surface area (Å²) in [5, 5.41) is 20.1. The number of aliphatic carboxylic acids is 1. The van der Waals surface area contributed by atoms with Crippen LogP contribution in [0.2, 0.25) is 0 Å². The van der Waals surface area contributed by atoms with E-state index in [-0.39, 0.29) is 24.1 Å². The number of nitrogens with one attached hydrogen (secondary N) is 1. The summed E-state index contributed by atoms with van der Waals surface area (Å²) in [6.07, 6.45) is -0.0286. The number of hydrogen-bond acceptors (Lipinski definition) is 5. The summed E-state index contributed by atoms with van der Waals surface area (Å²) in [7, 11) is 0. The number of aromatic nitrogens is 2. The van der Waals surface area contributed by atoms with Crippen LogP contribution in [0.1, 0.15) is 24.7 Å². The smallest absolute Gasteiger partial charge is 0.305 e. The molecule has 0 bridgehead atoms. The van der Waals surface area contributed by atoms with Crippen molar-refractivity contribution in [2.45, 2.75) is 26.3 Å². The van der Waals surface area contributed by atoms with E-state index in [9.17, 15) is 4.79 Å². The monoisotopic (exact) mass is 220 g/mol. The fourth-order valence-corrected chi connectivity index (χ4v) is 1.22. The number of nitrogens with zero attached hydrogens (tertiary/aromatic N) is 3. The normalized spacial score (nSPS) is 11.6. The molecular weight excluding hydrogens is 208 g/mol. The predicted octanol–water partition coefficient (Wildman–Crippen LogP) is 0.932. The average molecular weight is 220 g/mol. The van der Waals surface area contributed by atoms with E-state index in [1.54, 1.807) is 19.9 Å². The lowest BCUT2D eigenvalue weighted by molar-refractivity contribution is -0.137. The van der Waals surface area contributed by atoms with Crippen LogP contribution in [0, 0.1) is 18.3 Å². The molecule has 1 atom stereocenters. The van der Waals surface area contributed by atoms with E-state index in [0.29, 0.717) is 5.69 Å². The summed E-state index contributed by atoms with van der Waals surface area (Å²) in [5.74, 6) is -0.613. The molecule has 1 aromatic rings. The number of nitriles is 1.